The van der Waals surface area contributed by atoms with Gasteiger partial charge in [-0.2, -0.15) is 0 Å². The number of nitrogens with zero attached hydrogens (tertiary/aromatic N) is 2. The number of carbonyl (C=O) groups excluding carboxylic acids is 1. The number of hydrogen-bond donors (Lipinski definition) is 1. The standard InChI is InChI=1S/C20H17N3OS2/c1-13-18(19(24)21-15-8-10-16(25-2)11-9-15)26-20-22-17(12-23(13)20)14-6-4-3-5-7-14/h3-12H,1-2H3,(H,21,24). The van der Waals surface area contributed by atoms with Crippen LogP contribution in [-0.2, 0) is 0 Å². The van der Waals surface area contributed by atoms with Crippen LogP contribution in [0.2, 0.25) is 0 Å². The first kappa shape index (κ1) is 16.9. The Kier molecular flexibility index (Phi) is 4.53. The zero-order valence-corrected chi connectivity index (χ0v) is 16.0. The predicted octanol–water partition coefficient (Wildman–Crippen LogP) is 5.35. The first-order valence-corrected chi connectivity index (χ1v) is 10.2. The first-order valence-electron chi connectivity index (χ1n) is 8.15. The van der Waals surface area contributed by atoms with Crippen LogP contribution in [0.3, 0.4) is 0 Å². The summed E-state index contributed by atoms with van der Waals surface area (Å²) in [6, 6.07) is 17.9. The lowest BCUT2D eigenvalue weighted by molar-refractivity contribution is 0.102. The summed E-state index contributed by atoms with van der Waals surface area (Å²) in [6.07, 6.45) is 4.02. The van der Waals surface area contributed by atoms with Gasteiger partial charge in [0.25, 0.3) is 5.91 Å². The number of imidazole rings is 1. The van der Waals surface area contributed by atoms with E-state index in [1.165, 1.54) is 16.2 Å². The van der Waals surface area contributed by atoms with Gasteiger partial charge in [0.05, 0.1) is 5.69 Å². The van der Waals surface area contributed by atoms with Crippen LogP contribution in [0.25, 0.3) is 16.2 Å². The van der Waals surface area contributed by atoms with Crippen LogP contribution < -0.4 is 5.32 Å². The Morgan fingerprint density at radius 3 is 2.50 bits per heavy atom. The molecule has 2 aromatic carbocycles. The van der Waals surface area contributed by atoms with Gasteiger partial charge in [-0.15, -0.1) is 11.8 Å². The molecule has 0 bridgehead atoms. The van der Waals surface area contributed by atoms with Crippen molar-refractivity contribution in [1.82, 2.24) is 9.38 Å². The van der Waals surface area contributed by atoms with Gasteiger partial charge >= 0.3 is 0 Å². The average molecular weight is 380 g/mol. The van der Waals surface area contributed by atoms with Crippen molar-refractivity contribution < 1.29 is 4.79 Å². The topological polar surface area (TPSA) is 46.4 Å². The molecule has 6 heteroatoms. The molecule has 0 aliphatic carbocycles. The SMILES string of the molecule is CSc1ccc(NC(=O)c2sc3nc(-c4ccccc4)cn3c2C)cc1. The largest absolute Gasteiger partial charge is 0.321 e. The number of thioether (sulfide) groups is 1. The summed E-state index contributed by atoms with van der Waals surface area (Å²) in [7, 11) is 0. The fourth-order valence-corrected chi connectivity index (χ4v) is 4.18. The zero-order chi connectivity index (χ0) is 18.1. The zero-order valence-electron chi connectivity index (χ0n) is 14.4. The highest BCUT2D eigenvalue weighted by atomic mass is 32.2. The highest BCUT2D eigenvalue weighted by molar-refractivity contribution is 7.98. The highest BCUT2D eigenvalue weighted by Crippen LogP contribution is 2.28. The highest BCUT2D eigenvalue weighted by Gasteiger charge is 2.18. The van der Waals surface area contributed by atoms with E-state index in [-0.39, 0.29) is 5.91 Å². The number of rotatable bonds is 4. The lowest BCUT2D eigenvalue weighted by Crippen LogP contribution is -2.11. The van der Waals surface area contributed by atoms with E-state index in [1.54, 1.807) is 11.8 Å². The van der Waals surface area contributed by atoms with Gasteiger partial charge in [-0.3, -0.25) is 9.20 Å². The van der Waals surface area contributed by atoms with Gasteiger partial charge in [0.2, 0.25) is 0 Å². The Morgan fingerprint density at radius 1 is 1.12 bits per heavy atom. The maximum Gasteiger partial charge on any atom is 0.267 e. The number of aryl methyl sites for hydroxylation is 1. The third kappa shape index (κ3) is 3.13. The second kappa shape index (κ2) is 6.97. The maximum atomic E-state index is 12.7. The van der Waals surface area contributed by atoms with E-state index in [2.05, 4.69) is 10.3 Å². The number of thiazole rings is 1. The molecule has 0 atom stereocenters. The Balaban J connectivity index is 1.61. The molecule has 4 aromatic rings. The smallest absolute Gasteiger partial charge is 0.267 e. The average Bonchev–Trinajstić information content (AvgIpc) is 3.23. The molecule has 1 amide bonds. The van der Waals surface area contributed by atoms with Gasteiger partial charge in [0.1, 0.15) is 4.88 Å². The molecule has 2 heterocycles. The number of amides is 1. The van der Waals surface area contributed by atoms with E-state index in [0.29, 0.717) is 4.88 Å². The van der Waals surface area contributed by atoms with Crippen LogP contribution >= 0.6 is 23.1 Å². The van der Waals surface area contributed by atoms with Gasteiger partial charge in [-0.05, 0) is 37.4 Å². The monoisotopic (exact) mass is 379 g/mol. The van der Waals surface area contributed by atoms with E-state index in [4.69, 9.17) is 0 Å². The number of nitrogens with one attached hydrogen (secondary N) is 1. The van der Waals surface area contributed by atoms with Crippen molar-refractivity contribution in [3.8, 4) is 11.3 Å². The first-order chi connectivity index (χ1) is 12.7. The number of hydrogen-bond acceptors (Lipinski definition) is 4. The molecule has 0 saturated carbocycles. The van der Waals surface area contributed by atoms with Crippen molar-refractivity contribution in [2.24, 2.45) is 0 Å². The third-order valence-corrected chi connectivity index (χ3v) is 6.08. The summed E-state index contributed by atoms with van der Waals surface area (Å²) in [5.41, 5.74) is 3.68. The summed E-state index contributed by atoms with van der Waals surface area (Å²) in [5, 5.41) is 2.97. The molecule has 130 valence electrons. The molecule has 26 heavy (non-hydrogen) atoms. The lowest BCUT2D eigenvalue weighted by atomic mass is 10.2. The van der Waals surface area contributed by atoms with E-state index >= 15 is 0 Å². The molecule has 2 aromatic heterocycles. The molecule has 4 rings (SSSR count). The Hall–Kier alpha value is -2.57. The number of carbonyl (C=O) groups is 1. The summed E-state index contributed by atoms with van der Waals surface area (Å²) in [6.45, 7) is 1.95. The van der Waals surface area contributed by atoms with Gasteiger partial charge in [-0.25, -0.2) is 4.98 Å². The van der Waals surface area contributed by atoms with Crippen molar-refractivity contribution in [1.29, 1.82) is 0 Å². The van der Waals surface area contributed by atoms with Crippen LogP contribution in [0.5, 0.6) is 0 Å². The molecule has 0 spiro atoms. The number of benzene rings is 2. The molecule has 0 aliphatic rings. The minimum absolute atomic E-state index is 0.101. The molecular formula is C20H17N3OS2. The van der Waals surface area contributed by atoms with E-state index < -0.39 is 0 Å². The lowest BCUT2D eigenvalue weighted by Gasteiger charge is -2.05. The second-order valence-electron chi connectivity index (χ2n) is 5.84. The fraction of sp³-hybridized carbons (Fsp3) is 0.100. The van der Waals surface area contributed by atoms with Crippen LogP contribution in [-0.4, -0.2) is 21.5 Å². The quantitative estimate of drug-likeness (QED) is 0.487. The van der Waals surface area contributed by atoms with Gasteiger partial charge in [0, 0.05) is 28.0 Å². The van der Waals surface area contributed by atoms with Gasteiger partial charge < -0.3 is 5.32 Å². The minimum atomic E-state index is -0.101. The Labute approximate surface area is 159 Å². The van der Waals surface area contributed by atoms with Crippen molar-refractivity contribution in [3.63, 3.8) is 0 Å². The maximum absolute atomic E-state index is 12.7. The number of anilines is 1. The van der Waals surface area contributed by atoms with E-state index in [0.717, 1.165) is 27.6 Å². The summed E-state index contributed by atoms with van der Waals surface area (Å²) in [5.74, 6) is -0.101. The normalized spacial score (nSPS) is 11.0. The number of fused-ring (bicyclic) bond motifs is 1. The summed E-state index contributed by atoms with van der Waals surface area (Å²) >= 11 is 3.09. The molecule has 0 radical (unpaired) electrons. The predicted molar refractivity (Wildman–Crippen MR) is 109 cm³/mol. The minimum Gasteiger partial charge on any atom is -0.321 e. The second-order valence-corrected chi connectivity index (χ2v) is 7.70. The van der Waals surface area contributed by atoms with Crippen molar-refractivity contribution in [3.05, 3.63) is 71.4 Å². The van der Waals surface area contributed by atoms with Crippen LogP contribution in [0.15, 0.2) is 65.7 Å². The number of aromatic nitrogens is 2. The molecule has 1 N–H and O–H groups in total. The van der Waals surface area contributed by atoms with Crippen molar-refractivity contribution in [2.75, 3.05) is 11.6 Å². The molecule has 0 unspecified atom stereocenters. The fourth-order valence-electron chi connectivity index (χ4n) is 2.77. The van der Waals surface area contributed by atoms with Crippen LogP contribution in [0.1, 0.15) is 15.4 Å². The summed E-state index contributed by atoms with van der Waals surface area (Å²) in [4.78, 5) is 20.0. The third-order valence-electron chi connectivity index (χ3n) is 4.18. The molecular weight excluding hydrogens is 362 g/mol. The van der Waals surface area contributed by atoms with Crippen molar-refractivity contribution in [2.45, 2.75) is 11.8 Å². The van der Waals surface area contributed by atoms with E-state index in [1.807, 2.05) is 78.4 Å². The Bertz CT molecular complexity index is 1070. The molecule has 0 aliphatic heterocycles. The van der Waals surface area contributed by atoms with Crippen LogP contribution in [0, 0.1) is 6.92 Å². The van der Waals surface area contributed by atoms with Crippen molar-refractivity contribution >= 4 is 39.7 Å². The Morgan fingerprint density at radius 2 is 1.85 bits per heavy atom. The molecule has 0 saturated heterocycles. The van der Waals surface area contributed by atoms with Crippen LogP contribution in [0.4, 0.5) is 5.69 Å². The van der Waals surface area contributed by atoms with Gasteiger partial charge in [0.15, 0.2) is 4.96 Å². The van der Waals surface area contributed by atoms with E-state index in [9.17, 15) is 4.79 Å². The summed E-state index contributed by atoms with van der Waals surface area (Å²) < 4.78 is 1.98. The van der Waals surface area contributed by atoms with Gasteiger partial charge in [-0.1, -0.05) is 41.7 Å². The molecule has 4 nitrogen and oxygen atoms in total. The molecule has 0 fully saturated rings.